The fourth-order valence-corrected chi connectivity index (χ4v) is 1.43. The molecule has 4 heteroatoms. The summed E-state index contributed by atoms with van der Waals surface area (Å²) in [5.74, 6) is 0. The van der Waals surface area contributed by atoms with E-state index in [9.17, 15) is 0 Å². The monoisotopic (exact) mass is 192 g/mol. The van der Waals surface area contributed by atoms with Gasteiger partial charge in [-0.2, -0.15) is 5.26 Å². The van der Waals surface area contributed by atoms with Crippen molar-refractivity contribution in [2.24, 2.45) is 0 Å². The van der Waals surface area contributed by atoms with Crippen LogP contribution in [0, 0.1) is 11.3 Å². The Hall–Kier alpha value is -1.37. The van der Waals surface area contributed by atoms with E-state index in [-0.39, 0.29) is 11.5 Å². The van der Waals surface area contributed by atoms with Crippen molar-refractivity contribution >= 4 is 0 Å². The van der Waals surface area contributed by atoms with Gasteiger partial charge in [0.25, 0.3) is 0 Å². The van der Waals surface area contributed by atoms with Crippen LogP contribution < -0.4 is 0 Å². The molecule has 0 aliphatic rings. The van der Waals surface area contributed by atoms with Gasteiger partial charge >= 0.3 is 0 Å². The van der Waals surface area contributed by atoms with E-state index in [0.29, 0.717) is 5.69 Å². The van der Waals surface area contributed by atoms with E-state index in [2.05, 4.69) is 37.2 Å². The molecular weight excluding hydrogens is 176 g/mol. The van der Waals surface area contributed by atoms with Crippen molar-refractivity contribution in [2.75, 3.05) is 0 Å². The Morgan fingerprint density at radius 1 is 1.36 bits per heavy atom. The van der Waals surface area contributed by atoms with Crippen LogP contribution in [-0.4, -0.2) is 15.0 Å². The van der Waals surface area contributed by atoms with Crippen LogP contribution in [0.15, 0.2) is 0 Å². The van der Waals surface area contributed by atoms with E-state index in [0.717, 1.165) is 5.69 Å². The summed E-state index contributed by atoms with van der Waals surface area (Å²) in [6.45, 7) is 10.2. The number of hydrogen-bond donors (Lipinski definition) is 0. The molecule has 14 heavy (non-hydrogen) atoms. The third kappa shape index (κ3) is 1.77. The Morgan fingerprint density at radius 3 is 2.29 bits per heavy atom. The molecule has 0 unspecified atom stereocenters. The summed E-state index contributed by atoms with van der Waals surface area (Å²) in [4.78, 5) is 0. The lowest BCUT2D eigenvalue weighted by atomic mass is 9.90. The van der Waals surface area contributed by atoms with Crippen molar-refractivity contribution in [3.63, 3.8) is 0 Å². The van der Waals surface area contributed by atoms with Crippen molar-refractivity contribution in [1.29, 1.82) is 5.26 Å². The zero-order valence-corrected chi connectivity index (χ0v) is 9.37. The van der Waals surface area contributed by atoms with Crippen LogP contribution in [0.2, 0.25) is 0 Å². The standard InChI is InChI=1S/C10H16N4/c1-7(2)14-9(10(3,4)5)8(6-11)12-13-14/h7H,1-5H3. The maximum absolute atomic E-state index is 8.91. The molecule has 1 aromatic rings. The Labute approximate surface area is 84.5 Å². The summed E-state index contributed by atoms with van der Waals surface area (Å²) in [5.41, 5.74) is 1.25. The minimum absolute atomic E-state index is 0.0984. The highest BCUT2D eigenvalue weighted by atomic mass is 15.4. The molecular formula is C10H16N4. The molecule has 0 aliphatic heterocycles. The van der Waals surface area contributed by atoms with E-state index in [4.69, 9.17) is 5.26 Å². The Morgan fingerprint density at radius 2 is 1.93 bits per heavy atom. The molecule has 0 saturated heterocycles. The number of nitriles is 1. The van der Waals surface area contributed by atoms with Gasteiger partial charge in [-0.25, -0.2) is 4.68 Å². The Bertz CT molecular complexity index is 362. The molecule has 0 N–H and O–H groups in total. The first kappa shape index (κ1) is 10.7. The lowest BCUT2D eigenvalue weighted by Gasteiger charge is -2.21. The predicted molar refractivity (Wildman–Crippen MR) is 53.8 cm³/mol. The minimum atomic E-state index is -0.0984. The van der Waals surface area contributed by atoms with Crippen molar-refractivity contribution in [1.82, 2.24) is 15.0 Å². The van der Waals surface area contributed by atoms with Crippen LogP contribution in [0.4, 0.5) is 0 Å². The minimum Gasteiger partial charge on any atom is -0.245 e. The summed E-state index contributed by atoms with van der Waals surface area (Å²) in [6, 6.07) is 2.32. The first-order valence-electron chi connectivity index (χ1n) is 4.73. The summed E-state index contributed by atoms with van der Waals surface area (Å²) in [7, 11) is 0. The van der Waals surface area contributed by atoms with E-state index in [1.54, 1.807) is 0 Å². The molecule has 0 radical (unpaired) electrons. The van der Waals surface area contributed by atoms with Crippen LogP contribution in [-0.2, 0) is 5.41 Å². The van der Waals surface area contributed by atoms with Crippen molar-refractivity contribution < 1.29 is 0 Å². The largest absolute Gasteiger partial charge is 0.245 e. The molecule has 0 atom stereocenters. The van der Waals surface area contributed by atoms with Gasteiger partial charge in [0.1, 0.15) is 6.07 Å². The summed E-state index contributed by atoms with van der Waals surface area (Å²) in [5, 5.41) is 16.8. The van der Waals surface area contributed by atoms with Gasteiger partial charge in [0.05, 0.1) is 5.69 Å². The van der Waals surface area contributed by atoms with Crippen LogP contribution >= 0.6 is 0 Å². The van der Waals surface area contributed by atoms with Crippen molar-refractivity contribution in [3.05, 3.63) is 11.4 Å². The first-order chi connectivity index (χ1) is 6.38. The summed E-state index contributed by atoms with van der Waals surface area (Å²) >= 11 is 0. The maximum Gasteiger partial charge on any atom is 0.186 e. The van der Waals surface area contributed by atoms with E-state index < -0.39 is 0 Å². The molecule has 0 amide bonds. The highest BCUT2D eigenvalue weighted by molar-refractivity contribution is 5.30. The summed E-state index contributed by atoms with van der Waals surface area (Å²) in [6.07, 6.45) is 0. The molecule has 1 rings (SSSR count). The fraction of sp³-hybridized carbons (Fsp3) is 0.700. The second-order valence-corrected chi connectivity index (χ2v) is 4.69. The maximum atomic E-state index is 8.91. The molecule has 0 bridgehead atoms. The van der Waals surface area contributed by atoms with Crippen molar-refractivity contribution in [2.45, 2.75) is 46.1 Å². The van der Waals surface area contributed by atoms with E-state index >= 15 is 0 Å². The van der Waals surface area contributed by atoms with Gasteiger partial charge in [-0.15, -0.1) is 5.10 Å². The van der Waals surface area contributed by atoms with Gasteiger partial charge in [0.2, 0.25) is 0 Å². The zero-order valence-electron chi connectivity index (χ0n) is 9.37. The third-order valence-electron chi connectivity index (χ3n) is 2.00. The molecule has 0 aliphatic carbocycles. The molecule has 4 nitrogen and oxygen atoms in total. The van der Waals surface area contributed by atoms with Gasteiger partial charge in [0, 0.05) is 11.5 Å². The molecule has 0 fully saturated rings. The number of hydrogen-bond acceptors (Lipinski definition) is 3. The second-order valence-electron chi connectivity index (χ2n) is 4.69. The highest BCUT2D eigenvalue weighted by Crippen LogP contribution is 2.26. The molecule has 0 spiro atoms. The third-order valence-corrected chi connectivity index (χ3v) is 2.00. The van der Waals surface area contributed by atoms with Crippen molar-refractivity contribution in [3.8, 4) is 6.07 Å². The quantitative estimate of drug-likeness (QED) is 0.684. The fourth-order valence-electron chi connectivity index (χ4n) is 1.43. The predicted octanol–water partition coefficient (Wildman–Crippen LogP) is 2.03. The van der Waals surface area contributed by atoms with E-state index in [1.807, 2.05) is 18.5 Å². The number of rotatable bonds is 1. The molecule has 1 aromatic heterocycles. The lowest BCUT2D eigenvalue weighted by molar-refractivity contribution is 0.439. The summed E-state index contributed by atoms with van der Waals surface area (Å²) < 4.78 is 1.82. The van der Waals surface area contributed by atoms with Gasteiger partial charge in [-0.1, -0.05) is 26.0 Å². The van der Waals surface area contributed by atoms with Gasteiger partial charge in [-0.05, 0) is 13.8 Å². The highest BCUT2D eigenvalue weighted by Gasteiger charge is 2.26. The van der Waals surface area contributed by atoms with Crippen LogP contribution in [0.1, 0.15) is 52.0 Å². The van der Waals surface area contributed by atoms with Gasteiger partial charge in [-0.3, -0.25) is 0 Å². The van der Waals surface area contributed by atoms with Crippen LogP contribution in [0.5, 0.6) is 0 Å². The lowest BCUT2D eigenvalue weighted by Crippen LogP contribution is -2.21. The van der Waals surface area contributed by atoms with Gasteiger partial charge < -0.3 is 0 Å². The SMILES string of the molecule is CC(C)n1nnc(C#N)c1C(C)(C)C. The molecule has 0 aromatic carbocycles. The smallest absolute Gasteiger partial charge is 0.186 e. The second kappa shape index (κ2) is 3.41. The molecule has 76 valence electrons. The van der Waals surface area contributed by atoms with Gasteiger partial charge in [0.15, 0.2) is 5.69 Å². The average molecular weight is 192 g/mol. The normalized spacial score (nSPS) is 11.8. The Balaban J connectivity index is 3.36. The molecule has 1 heterocycles. The van der Waals surface area contributed by atoms with Crippen LogP contribution in [0.3, 0.4) is 0 Å². The first-order valence-corrected chi connectivity index (χ1v) is 4.73. The topological polar surface area (TPSA) is 54.5 Å². The molecule has 0 saturated carbocycles. The number of nitrogens with zero attached hydrogens (tertiary/aromatic N) is 4. The van der Waals surface area contributed by atoms with E-state index in [1.165, 1.54) is 0 Å². The Kier molecular flexibility index (Phi) is 2.61. The average Bonchev–Trinajstić information content (AvgIpc) is 2.45. The number of aromatic nitrogens is 3. The van der Waals surface area contributed by atoms with Crippen LogP contribution in [0.25, 0.3) is 0 Å². The zero-order chi connectivity index (χ0) is 10.9.